The topological polar surface area (TPSA) is 69.7 Å². The van der Waals surface area contributed by atoms with Gasteiger partial charge in [-0.05, 0) is 36.4 Å². The number of amides is 1. The van der Waals surface area contributed by atoms with Crippen molar-refractivity contribution in [2.24, 2.45) is 0 Å². The monoisotopic (exact) mass is 356 g/mol. The maximum absolute atomic E-state index is 12.4. The molecule has 0 aliphatic heterocycles. The Balaban J connectivity index is 1.68. The molecule has 0 fully saturated rings. The van der Waals surface area contributed by atoms with Crippen LogP contribution in [0.15, 0.2) is 54.0 Å². The molecule has 6 nitrogen and oxygen atoms in total. The molecule has 128 valence electrons. The summed E-state index contributed by atoms with van der Waals surface area (Å²) >= 11 is 1.40. The molecule has 1 N–H and O–H groups in total. The Morgan fingerprint density at radius 2 is 1.80 bits per heavy atom. The van der Waals surface area contributed by atoms with Gasteiger partial charge in [-0.3, -0.25) is 4.79 Å². The van der Waals surface area contributed by atoms with Crippen LogP contribution in [0.1, 0.15) is 10.4 Å². The van der Waals surface area contributed by atoms with Gasteiger partial charge in [0, 0.05) is 28.9 Å². The van der Waals surface area contributed by atoms with Crippen molar-refractivity contribution in [2.45, 2.75) is 0 Å². The van der Waals surface area contributed by atoms with Crippen molar-refractivity contribution in [1.82, 2.24) is 4.98 Å². The Labute approximate surface area is 149 Å². The van der Waals surface area contributed by atoms with E-state index in [4.69, 9.17) is 14.2 Å². The van der Waals surface area contributed by atoms with Gasteiger partial charge in [0.2, 0.25) is 0 Å². The third-order valence-electron chi connectivity index (χ3n) is 3.37. The molecule has 25 heavy (non-hydrogen) atoms. The number of carbonyl (C=O) groups excluding carboxylic acids is 1. The van der Waals surface area contributed by atoms with Crippen molar-refractivity contribution in [2.75, 3.05) is 19.5 Å². The van der Waals surface area contributed by atoms with Crippen molar-refractivity contribution >= 4 is 22.9 Å². The van der Waals surface area contributed by atoms with Crippen LogP contribution in [0.25, 0.3) is 0 Å². The molecule has 0 atom stereocenters. The SMILES string of the molecule is COc1ccc(NC(=O)c2ccc(Oc3nccs3)cc2)cc1OC. The van der Waals surface area contributed by atoms with Crippen LogP contribution in [0.3, 0.4) is 0 Å². The summed E-state index contributed by atoms with van der Waals surface area (Å²) < 4.78 is 16.0. The van der Waals surface area contributed by atoms with E-state index in [9.17, 15) is 4.79 Å². The highest BCUT2D eigenvalue weighted by Crippen LogP contribution is 2.30. The van der Waals surface area contributed by atoms with Crippen LogP contribution in [-0.2, 0) is 0 Å². The van der Waals surface area contributed by atoms with E-state index < -0.39 is 0 Å². The van der Waals surface area contributed by atoms with Gasteiger partial charge in [0.15, 0.2) is 11.5 Å². The van der Waals surface area contributed by atoms with Gasteiger partial charge in [-0.15, -0.1) is 0 Å². The molecular formula is C18H16N2O4S. The summed E-state index contributed by atoms with van der Waals surface area (Å²) in [5.74, 6) is 1.54. The molecule has 7 heteroatoms. The third-order valence-corrected chi connectivity index (χ3v) is 4.02. The number of hydrogen-bond acceptors (Lipinski definition) is 6. The minimum atomic E-state index is -0.229. The van der Waals surface area contributed by atoms with E-state index in [0.717, 1.165) is 0 Å². The molecule has 0 saturated heterocycles. The lowest BCUT2D eigenvalue weighted by Crippen LogP contribution is -2.11. The minimum Gasteiger partial charge on any atom is -0.493 e. The molecule has 0 saturated carbocycles. The Morgan fingerprint density at radius 1 is 1.04 bits per heavy atom. The first-order valence-electron chi connectivity index (χ1n) is 7.40. The van der Waals surface area contributed by atoms with Gasteiger partial charge >= 0.3 is 0 Å². The van der Waals surface area contributed by atoms with Crippen molar-refractivity contribution < 1.29 is 19.0 Å². The second-order valence-electron chi connectivity index (χ2n) is 4.95. The second-order valence-corrected chi connectivity index (χ2v) is 5.81. The molecule has 0 radical (unpaired) electrons. The standard InChI is InChI=1S/C18H16N2O4S/c1-22-15-8-5-13(11-16(15)23-2)20-17(21)12-3-6-14(7-4-12)24-18-19-9-10-25-18/h3-11H,1-2H3,(H,20,21). The highest BCUT2D eigenvalue weighted by Gasteiger charge is 2.10. The largest absolute Gasteiger partial charge is 0.493 e. The Morgan fingerprint density at radius 3 is 2.44 bits per heavy atom. The predicted molar refractivity (Wildman–Crippen MR) is 96.1 cm³/mol. The molecule has 1 heterocycles. The number of methoxy groups -OCH3 is 2. The first-order valence-corrected chi connectivity index (χ1v) is 8.28. The quantitative estimate of drug-likeness (QED) is 0.717. The van der Waals surface area contributed by atoms with Crippen LogP contribution >= 0.6 is 11.3 Å². The third kappa shape index (κ3) is 4.07. The smallest absolute Gasteiger partial charge is 0.278 e. The van der Waals surface area contributed by atoms with E-state index in [1.165, 1.54) is 11.3 Å². The summed E-state index contributed by atoms with van der Waals surface area (Å²) in [7, 11) is 3.11. The molecule has 0 spiro atoms. The number of nitrogens with zero attached hydrogens (tertiary/aromatic N) is 1. The Hall–Kier alpha value is -3.06. The highest BCUT2D eigenvalue weighted by atomic mass is 32.1. The average Bonchev–Trinajstić information content (AvgIpc) is 3.15. The van der Waals surface area contributed by atoms with E-state index in [1.54, 1.807) is 62.9 Å². The molecule has 0 unspecified atom stereocenters. The van der Waals surface area contributed by atoms with Gasteiger partial charge in [-0.25, -0.2) is 4.98 Å². The first kappa shape index (κ1) is 16.8. The maximum atomic E-state index is 12.4. The molecule has 1 amide bonds. The number of anilines is 1. The maximum Gasteiger partial charge on any atom is 0.278 e. The molecule has 2 aromatic carbocycles. The van der Waals surface area contributed by atoms with E-state index in [1.807, 2.05) is 5.38 Å². The van der Waals surface area contributed by atoms with Crippen LogP contribution < -0.4 is 19.5 Å². The van der Waals surface area contributed by atoms with Gasteiger partial charge in [0.1, 0.15) is 5.75 Å². The zero-order valence-electron chi connectivity index (χ0n) is 13.7. The van der Waals surface area contributed by atoms with Crippen LogP contribution in [0.2, 0.25) is 0 Å². The number of aromatic nitrogens is 1. The van der Waals surface area contributed by atoms with E-state index in [-0.39, 0.29) is 5.91 Å². The fraction of sp³-hybridized carbons (Fsp3) is 0.111. The number of ether oxygens (including phenoxy) is 3. The van der Waals surface area contributed by atoms with Crippen LogP contribution in [0.4, 0.5) is 5.69 Å². The van der Waals surface area contributed by atoms with E-state index in [2.05, 4.69) is 10.3 Å². The number of nitrogens with one attached hydrogen (secondary N) is 1. The lowest BCUT2D eigenvalue weighted by atomic mass is 10.2. The van der Waals surface area contributed by atoms with E-state index in [0.29, 0.717) is 33.7 Å². The summed E-state index contributed by atoms with van der Waals surface area (Å²) in [6.07, 6.45) is 1.67. The fourth-order valence-electron chi connectivity index (χ4n) is 2.15. The number of carbonyl (C=O) groups is 1. The number of thiazole rings is 1. The normalized spacial score (nSPS) is 10.2. The molecule has 0 bridgehead atoms. The summed E-state index contributed by atoms with van der Waals surface area (Å²) in [4.78, 5) is 16.4. The minimum absolute atomic E-state index is 0.229. The Kier molecular flexibility index (Phi) is 5.15. The molecule has 3 aromatic rings. The van der Waals surface area contributed by atoms with Gasteiger partial charge in [-0.1, -0.05) is 11.3 Å². The van der Waals surface area contributed by atoms with Crippen molar-refractivity contribution in [3.63, 3.8) is 0 Å². The number of hydrogen-bond donors (Lipinski definition) is 1. The van der Waals surface area contributed by atoms with E-state index >= 15 is 0 Å². The van der Waals surface area contributed by atoms with Crippen LogP contribution in [0, 0.1) is 0 Å². The van der Waals surface area contributed by atoms with Crippen LogP contribution in [0.5, 0.6) is 22.4 Å². The zero-order chi connectivity index (χ0) is 17.6. The van der Waals surface area contributed by atoms with Crippen molar-refractivity contribution in [1.29, 1.82) is 0 Å². The van der Waals surface area contributed by atoms with Crippen molar-refractivity contribution in [3.8, 4) is 22.4 Å². The lowest BCUT2D eigenvalue weighted by molar-refractivity contribution is 0.102. The highest BCUT2D eigenvalue weighted by molar-refractivity contribution is 7.11. The van der Waals surface area contributed by atoms with Crippen molar-refractivity contribution in [3.05, 3.63) is 59.6 Å². The average molecular weight is 356 g/mol. The molecule has 0 aliphatic rings. The molecular weight excluding hydrogens is 340 g/mol. The van der Waals surface area contributed by atoms with Gasteiger partial charge in [0.25, 0.3) is 11.1 Å². The summed E-state index contributed by atoms with van der Waals surface area (Å²) in [6.45, 7) is 0. The Bertz CT molecular complexity index is 848. The first-order chi connectivity index (χ1) is 12.2. The summed E-state index contributed by atoms with van der Waals surface area (Å²) in [6, 6.07) is 12.0. The van der Waals surface area contributed by atoms with Crippen LogP contribution in [-0.4, -0.2) is 25.1 Å². The van der Waals surface area contributed by atoms with Gasteiger partial charge in [-0.2, -0.15) is 0 Å². The lowest BCUT2D eigenvalue weighted by Gasteiger charge is -2.11. The molecule has 0 aliphatic carbocycles. The second kappa shape index (κ2) is 7.67. The van der Waals surface area contributed by atoms with Gasteiger partial charge < -0.3 is 19.5 Å². The fourth-order valence-corrected chi connectivity index (χ4v) is 2.66. The zero-order valence-corrected chi connectivity index (χ0v) is 14.5. The number of rotatable bonds is 6. The summed E-state index contributed by atoms with van der Waals surface area (Å²) in [5, 5.41) is 5.22. The molecule has 1 aromatic heterocycles. The molecule has 3 rings (SSSR count). The van der Waals surface area contributed by atoms with Gasteiger partial charge in [0.05, 0.1) is 14.2 Å². The summed E-state index contributed by atoms with van der Waals surface area (Å²) in [5.41, 5.74) is 1.13. The number of benzene rings is 2. The predicted octanol–water partition coefficient (Wildman–Crippen LogP) is 4.20.